The summed E-state index contributed by atoms with van der Waals surface area (Å²) in [6, 6.07) is 23.7. The molecule has 4 aromatic rings. The number of sulfonamides is 1. The summed E-state index contributed by atoms with van der Waals surface area (Å²) in [4.78, 5) is 29.5. The van der Waals surface area contributed by atoms with E-state index >= 15 is 0 Å². The predicted octanol–water partition coefficient (Wildman–Crippen LogP) is 7.58. The highest BCUT2D eigenvalue weighted by Gasteiger charge is 2.37. The van der Waals surface area contributed by atoms with Crippen molar-refractivity contribution < 1.29 is 31.2 Å². The van der Waals surface area contributed by atoms with Crippen LogP contribution in [-0.4, -0.2) is 44.3 Å². The van der Waals surface area contributed by atoms with Crippen LogP contribution in [0.3, 0.4) is 0 Å². The third-order valence-electron chi connectivity index (χ3n) is 7.82. The van der Waals surface area contributed by atoms with Crippen molar-refractivity contribution in [1.82, 2.24) is 10.2 Å². The predicted molar refractivity (Wildman–Crippen MR) is 186 cm³/mol. The fourth-order valence-electron chi connectivity index (χ4n) is 5.24. The van der Waals surface area contributed by atoms with Gasteiger partial charge < -0.3 is 10.2 Å². The van der Waals surface area contributed by atoms with Crippen molar-refractivity contribution in [2.45, 2.75) is 57.8 Å². The van der Waals surface area contributed by atoms with Crippen molar-refractivity contribution in [2.75, 3.05) is 17.4 Å². The molecule has 0 aromatic heterocycles. The molecule has 0 unspecified atom stereocenters. The van der Waals surface area contributed by atoms with Gasteiger partial charge in [-0.25, -0.2) is 8.42 Å². The third-order valence-corrected chi connectivity index (χ3v) is 9.94. The largest absolute Gasteiger partial charge is 0.417 e. The van der Waals surface area contributed by atoms with Gasteiger partial charge in [0.15, 0.2) is 0 Å². The van der Waals surface area contributed by atoms with E-state index in [1.807, 2.05) is 51.1 Å². The Kier molecular flexibility index (Phi) is 12.2. The van der Waals surface area contributed by atoms with E-state index in [2.05, 4.69) is 5.32 Å². The highest BCUT2D eigenvalue weighted by molar-refractivity contribution is 7.92. The zero-order valence-electron chi connectivity index (χ0n) is 27.7. The molecule has 1 N–H and O–H groups in total. The number of carbonyl (C=O) groups is 2. The highest BCUT2D eigenvalue weighted by Crippen LogP contribution is 2.38. The van der Waals surface area contributed by atoms with Crippen LogP contribution in [0.1, 0.15) is 41.7 Å². The van der Waals surface area contributed by atoms with Gasteiger partial charge in [0.05, 0.1) is 21.2 Å². The fourth-order valence-corrected chi connectivity index (χ4v) is 6.87. The van der Waals surface area contributed by atoms with E-state index in [9.17, 15) is 31.2 Å². The molecule has 0 bridgehead atoms. The van der Waals surface area contributed by atoms with E-state index in [1.54, 1.807) is 43.3 Å². The van der Waals surface area contributed by atoms with Crippen LogP contribution in [0, 0.1) is 19.8 Å². The van der Waals surface area contributed by atoms with Gasteiger partial charge in [0.2, 0.25) is 11.8 Å². The average Bonchev–Trinajstić information content (AvgIpc) is 3.04. The van der Waals surface area contributed by atoms with Gasteiger partial charge >= 0.3 is 6.18 Å². The van der Waals surface area contributed by atoms with Crippen molar-refractivity contribution in [3.63, 3.8) is 0 Å². The second-order valence-corrected chi connectivity index (χ2v) is 14.6. The first-order chi connectivity index (χ1) is 23.1. The molecule has 0 saturated carbocycles. The lowest BCUT2D eigenvalue weighted by atomic mass is 10.0. The van der Waals surface area contributed by atoms with E-state index in [0.717, 1.165) is 28.8 Å². The molecule has 4 rings (SSSR count). The summed E-state index contributed by atoms with van der Waals surface area (Å²) in [6.07, 6.45) is -4.80. The van der Waals surface area contributed by atoms with Crippen LogP contribution in [0.4, 0.5) is 18.9 Å². The summed E-state index contributed by atoms with van der Waals surface area (Å²) in [5, 5.41) is 2.28. The van der Waals surface area contributed by atoms with Crippen LogP contribution >= 0.6 is 11.6 Å². The number of nitrogens with one attached hydrogen (secondary N) is 1. The topological polar surface area (TPSA) is 86.8 Å². The van der Waals surface area contributed by atoms with Crippen LogP contribution in [0.25, 0.3) is 0 Å². The quantitative estimate of drug-likeness (QED) is 0.155. The molecule has 0 heterocycles. The number of rotatable bonds is 13. The van der Waals surface area contributed by atoms with E-state index in [-0.39, 0.29) is 23.8 Å². The van der Waals surface area contributed by atoms with E-state index < -0.39 is 56.9 Å². The molecule has 2 amide bonds. The van der Waals surface area contributed by atoms with Crippen molar-refractivity contribution in [1.29, 1.82) is 0 Å². The van der Waals surface area contributed by atoms with Crippen molar-refractivity contribution >= 4 is 39.1 Å². The Morgan fingerprint density at radius 1 is 0.837 bits per heavy atom. The molecule has 0 aliphatic carbocycles. The molecular weight excluding hydrogens is 675 g/mol. The minimum atomic E-state index is -4.90. The molecule has 260 valence electrons. The Morgan fingerprint density at radius 2 is 1.49 bits per heavy atom. The number of amides is 2. The Bertz CT molecular complexity index is 1870. The van der Waals surface area contributed by atoms with Gasteiger partial charge in [-0.05, 0) is 61.2 Å². The summed E-state index contributed by atoms with van der Waals surface area (Å²) < 4.78 is 71.0. The standard InChI is InChI=1S/C37H39ClF3N3O4S/c1-25(2)22-42-36(46)34(20-28-10-6-5-7-11-28)43(23-29-12-8-9-27(4)19-29)35(45)24-44(49(47,48)31-16-13-26(3)14-17-31)30-15-18-33(38)32(21-30)37(39,40)41/h5-19,21,25,34H,20,22-24H2,1-4H3,(H,42,46)/t34-/m1/s1. The summed E-state index contributed by atoms with van der Waals surface area (Å²) in [5.41, 5.74) is 1.43. The molecule has 7 nitrogen and oxygen atoms in total. The smallest absolute Gasteiger partial charge is 0.354 e. The fraction of sp³-hybridized carbons (Fsp3) is 0.297. The van der Waals surface area contributed by atoms with E-state index in [1.165, 1.54) is 17.0 Å². The number of anilines is 1. The lowest BCUT2D eigenvalue weighted by Crippen LogP contribution is -2.53. The SMILES string of the molecule is Cc1ccc(S(=O)(=O)N(CC(=O)N(Cc2cccc(C)c2)[C@H](Cc2ccccc2)C(=O)NCC(C)C)c2ccc(Cl)c(C(F)(F)F)c2)cc1. The first kappa shape index (κ1) is 37.5. The van der Waals surface area contributed by atoms with E-state index in [0.29, 0.717) is 22.5 Å². The Morgan fingerprint density at radius 3 is 2.10 bits per heavy atom. The molecule has 4 aromatic carbocycles. The minimum Gasteiger partial charge on any atom is -0.354 e. The van der Waals surface area contributed by atoms with Crippen molar-refractivity contribution in [2.24, 2.45) is 5.92 Å². The van der Waals surface area contributed by atoms with Crippen LogP contribution < -0.4 is 9.62 Å². The van der Waals surface area contributed by atoms with Gasteiger partial charge in [-0.1, -0.05) is 103 Å². The highest BCUT2D eigenvalue weighted by atomic mass is 35.5. The number of hydrogen-bond donors (Lipinski definition) is 1. The third kappa shape index (κ3) is 9.86. The second-order valence-electron chi connectivity index (χ2n) is 12.3. The molecule has 12 heteroatoms. The molecule has 1 atom stereocenters. The molecule has 0 saturated heterocycles. The summed E-state index contributed by atoms with van der Waals surface area (Å²) >= 11 is 5.89. The van der Waals surface area contributed by atoms with Crippen molar-refractivity contribution in [3.8, 4) is 0 Å². The molecule has 0 aliphatic heterocycles. The van der Waals surface area contributed by atoms with Gasteiger partial charge in [0, 0.05) is 19.5 Å². The number of nitrogens with zero attached hydrogens (tertiary/aromatic N) is 2. The van der Waals surface area contributed by atoms with E-state index in [4.69, 9.17) is 11.6 Å². The van der Waals surface area contributed by atoms with Crippen molar-refractivity contribution in [3.05, 3.63) is 130 Å². The first-order valence-corrected chi connectivity index (χ1v) is 17.5. The zero-order chi connectivity index (χ0) is 35.9. The summed E-state index contributed by atoms with van der Waals surface area (Å²) in [5.74, 6) is -1.14. The first-order valence-electron chi connectivity index (χ1n) is 15.7. The zero-order valence-corrected chi connectivity index (χ0v) is 29.2. The van der Waals surface area contributed by atoms with Crippen LogP contribution in [0.15, 0.2) is 102 Å². The van der Waals surface area contributed by atoms with Gasteiger partial charge in [-0.3, -0.25) is 13.9 Å². The van der Waals surface area contributed by atoms with Crippen LogP contribution in [-0.2, 0) is 38.8 Å². The number of aryl methyl sites for hydroxylation is 2. The van der Waals surface area contributed by atoms with Gasteiger partial charge in [-0.2, -0.15) is 13.2 Å². The number of hydrogen-bond acceptors (Lipinski definition) is 4. The molecule has 0 radical (unpaired) electrons. The molecule has 0 fully saturated rings. The summed E-state index contributed by atoms with van der Waals surface area (Å²) in [6.45, 7) is 6.85. The number of alkyl halides is 3. The Labute approximate surface area is 290 Å². The van der Waals surface area contributed by atoms with Crippen LogP contribution in [0.5, 0.6) is 0 Å². The summed E-state index contributed by atoms with van der Waals surface area (Å²) in [7, 11) is -4.61. The van der Waals surface area contributed by atoms with Crippen LogP contribution in [0.2, 0.25) is 5.02 Å². The number of carbonyl (C=O) groups excluding carboxylic acids is 2. The van der Waals surface area contributed by atoms with Gasteiger partial charge in [0.1, 0.15) is 12.6 Å². The maximum atomic E-state index is 14.6. The lowest BCUT2D eigenvalue weighted by molar-refractivity contribution is -0.140. The average molecular weight is 714 g/mol. The monoisotopic (exact) mass is 713 g/mol. The van der Waals surface area contributed by atoms with Gasteiger partial charge in [0.25, 0.3) is 10.0 Å². The molecule has 0 spiro atoms. The normalized spacial score (nSPS) is 12.4. The molecule has 49 heavy (non-hydrogen) atoms. The van der Waals surface area contributed by atoms with Gasteiger partial charge in [-0.15, -0.1) is 0 Å². The number of halogens is 4. The molecule has 0 aliphatic rings. The minimum absolute atomic E-state index is 0.0695. The maximum absolute atomic E-state index is 14.6. The second kappa shape index (κ2) is 15.9. The molecular formula is C37H39ClF3N3O4S. The Hall–Kier alpha value is -4.35. The Balaban J connectivity index is 1.86. The number of benzene rings is 4. The maximum Gasteiger partial charge on any atom is 0.417 e. The lowest BCUT2D eigenvalue weighted by Gasteiger charge is -2.34.